The van der Waals surface area contributed by atoms with Crippen LogP contribution in [0, 0.1) is 0 Å². The van der Waals surface area contributed by atoms with Gasteiger partial charge < -0.3 is 10.2 Å². The highest BCUT2D eigenvalue weighted by Gasteiger charge is 2.18. The zero-order valence-corrected chi connectivity index (χ0v) is 11.5. The summed E-state index contributed by atoms with van der Waals surface area (Å²) in [5, 5.41) is 3.21. The van der Waals surface area contributed by atoms with E-state index in [-0.39, 0.29) is 6.03 Å². The lowest BCUT2D eigenvalue weighted by atomic mass is 10.1. The first-order chi connectivity index (χ1) is 8.27. The van der Waals surface area contributed by atoms with Crippen LogP contribution in [0.15, 0.2) is 0 Å². The number of hydrogen-bond donors (Lipinski definition) is 1. The summed E-state index contributed by atoms with van der Waals surface area (Å²) in [4.78, 5) is 14.0. The quantitative estimate of drug-likeness (QED) is 0.756. The zero-order valence-electron chi connectivity index (χ0n) is 11.5. The molecule has 0 aromatic heterocycles. The number of rotatable bonds is 6. The highest BCUT2D eigenvalue weighted by atomic mass is 16.2. The molecule has 1 rings (SSSR count). The Balaban J connectivity index is 2.33. The van der Waals surface area contributed by atoms with E-state index < -0.39 is 0 Å². The Morgan fingerprint density at radius 1 is 1.12 bits per heavy atom. The minimum atomic E-state index is 0.166. The van der Waals surface area contributed by atoms with Crippen molar-refractivity contribution in [2.75, 3.05) is 13.1 Å². The van der Waals surface area contributed by atoms with Crippen LogP contribution in [0.3, 0.4) is 0 Å². The molecule has 0 radical (unpaired) electrons. The topological polar surface area (TPSA) is 32.3 Å². The first-order valence-corrected chi connectivity index (χ1v) is 7.33. The van der Waals surface area contributed by atoms with Gasteiger partial charge in [0.1, 0.15) is 0 Å². The molecule has 0 spiro atoms. The summed E-state index contributed by atoms with van der Waals surface area (Å²) in [6.07, 6.45) is 9.42. The number of nitrogens with zero attached hydrogens (tertiary/aromatic N) is 1. The largest absolute Gasteiger partial charge is 0.335 e. The Bertz CT molecular complexity index is 212. The van der Waals surface area contributed by atoms with E-state index in [0.29, 0.717) is 6.04 Å². The smallest absolute Gasteiger partial charge is 0.317 e. The van der Waals surface area contributed by atoms with E-state index >= 15 is 0 Å². The molecular weight excluding hydrogens is 212 g/mol. The van der Waals surface area contributed by atoms with Crippen molar-refractivity contribution < 1.29 is 4.79 Å². The standard InChI is InChI=1S/C14H28N2O/c1-3-5-10-13(9-4-2)15-14(17)16-11-7-6-8-12-16/h13H,3-12H2,1-2H3,(H,15,17). The number of nitrogens with one attached hydrogen (secondary N) is 1. The van der Waals surface area contributed by atoms with E-state index in [4.69, 9.17) is 0 Å². The molecule has 0 aromatic rings. The summed E-state index contributed by atoms with van der Waals surface area (Å²) in [6, 6.07) is 0.550. The predicted molar refractivity (Wildman–Crippen MR) is 72.2 cm³/mol. The predicted octanol–water partition coefficient (Wildman–Crippen LogP) is 3.54. The molecule has 2 amide bonds. The Labute approximate surface area is 106 Å². The lowest BCUT2D eigenvalue weighted by molar-refractivity contribution is 0.181. The van der Waals surface area contributed by atoms with Crippen LogP contribution < -0.4 is 5.32 Å². The molecular formula is C14H28N2O. The van der Waals surface area contributed by atoms with Crippen molar-refractivity contribution in [1.82, 2.24) is 10.2 Å². The van der Waals surface area contributed by atoms with Gasteiger partial charge in [-0.3, -0.25) is 0 Å². The Hall–Kier alpha value is -0.730. The van der Waals surface area contributed by atoms with Gasteiger partial charge in [0.25, 0.3) is 0 Å². The average molecular weight is 240 g/mol. The van der Waals surface area contributed by atoms with Gasteiger partial charge in [-0.15, -0.1) is 0 Å². The number of carbonyl (C=O) groups is 1. The summed E-state index contributed by atoms with van der Waals surface area (Å²) in [7, 11) is 0. The summed E-state index contributed by atoms with van der Waals surface area (Å²) < 4.78 is 0. The van der Waals surface area contributed by atoms with E-state index in [2.05, 4.69) is 19.2 Å². The molecule has 1 N–H and O–H groups in total. The van der Waals surface area contributed by atoms with Gasteiger partial charge in [-0.1, -0.05) is 33.1 Å². The SMILES string of the molecule is CCCCC(CCC)NC(=O)N1CCCCC1. The minimum Gasteiger partial charge on any atom is -0.335 e. The summed E-state index contributed by atoms with van der Waals surface area (Å²) >= 11 is 0. The molecule has 1 fully saturated rings. The summed E-state index contributed by atoms with van der Waals surface area (Å²) in [5.41, 5.74) is 0. The van der Waals surface area contributed by atoms with E-state index in [9.17, 15) is 4.79 Å². The van der Waals surface area contributed by atoms with E-state index in [0.717, 1.165) is 32.4 Å². The highest BCUT2D eigenvalue weighted by Crippen LogP contribution is 2.11. The Morgan fingerprint density at radius 3 is 2.41 bits per heavy atom. The van der Waals surface area contributed by atoms with Crippen molar-refractivity contribution in [1.29, 1.82) is 0 Å². The van der Waals surface area contributed by atoms with Gasteiger partial charge >= 0.3 is 6.03 Å². The molecule has 3 heteroatoms. The summed E-state index contributed by atoms with van der Waals surface area (Å²) in [5.74, 6) is 0. The molecule has 0 aromatic carbocycles. The zero-order chi connectivity index (χ0) is 12.5. The number of hydrogen-bond acceptors (Lipinski definition) is 1. The number of likely N-dealkylation sites (tertiary alicyclic amines) is 1. The molecule has 1 unspecified atom stereocenters. The van der Waals surface area contributed by atoms with Crippen LogP contribution in [0.4, 0.5) is 4.79 Å². The molecule has 0 bridgehead atoms. The number of amides is 2. The first kappa shape index (κ1) is 14.3. The van der Waals surface area contributed by atoms with Crippen molar-refractivity contribution >= 4 is 6.03 Å². The Kier molecular flexibility index (Phi) is 7.06. The van der Waals surface area contributed by atoms with Gasteiger partial charge in [0, 0.05) is 19.1 Å². The number of urea groups is 1. The van der Waals surface area contributed by atoms with Gasteiger partial charge in [0.2, 0.25) is 0 Å². The molecule has 1 aliphatic rings. The highest BCUT2D eigenvalue weighted by molar-refractivity contribution is 5.74. The molecule has 0 saturated carbocycles. The van der Waals surface area contributed by atoms with Crippen molar-refractivity contribution in [3.8, 4) is 0 Å². The van der Waals surface area contributed by atoms with Crippen molar-refractivity contribution in [2.24, 2.45) is 0 Å². The van der Waals surface area contributed by atoms with Crippen LogP contribution in [0.25, 0.3) is 0 Å². The van der Waals surface area contributed by atoms with Gasteiger partial charge in [-0.05, 0) is 32.1 Å². The van der Waals surface area contributed by atoms with Crippen LogP contribution in [-0.2, 0) is 0 Å². The third-order valence-electron chi connectivity index (χ3n) is 3.51. The number of piperidine rings is 1. The molecule has 100 valence electrons. The van der Waals surface area contributed by atoms with Crippen LogP contribution in [0.1, 0.15) is 65.2 Å². The van der Waals surface area contributed by atoms with Crippen molar-refractivity contribution in [2.45, 2.75) is 71.3 Å². The van der Waals surface area contributed by atoms with Crippen LogP contribution >= 0.6 is 0 Å². The van der Waals surface area contributed by atoms with E-state index in [1.54, 1.807) is 0 Å². The first-order valence-electron chi connectivity index (χ1n) is 7.33. The van der Waals surface area contributed by atoms with Gasteiger partial charge in [0.15, 0.2) is 0 Å². The molecule has 1 saturated heterocycles. The van der Waals surface area contributed by atoms with Crippen molar-refractivity contribution in [3.63, 3.8) is 0 Å². The third kappa shape index (κ3) is 5.42. The van der Waals surface area contributed by atoms with Crippen molar-refractivity contribution in [3.05, 3.63) is 0 Å². The molecule has 1 heterocycles. The number of unbranched alkanes of at least 4 members (excludes halogenated alkanes) is 1. The monoisotopic (exact) mass is 240 g/mol. The Morgan fingerprint density at radius 2 is 1.82 bits per heavy atom. The second-order valence-corrected chi connectivity index (χ2v) is 5.13. The molecule has 17 heavy (non-hydrogen) atoms. The average Bonchev–Trinajstić information content (AvgIpc) is 2.37. The fraction of sp³-hybridized carbons (Fsp3) is 0.929. The molecule has 1 aliphatic heterocycles. The van der Waals surface area contributed by atoms with Gasteiger partial charge in [-0.25, -0.2) is 4.79 Å². The van der Waals surface area contributed by atoms with E-state index in [1.165, 1.54) is 32.1 Å². The maximum absolute atomic E-state index is 12.1. The second kappa shape index (κ2) is 8.37. The van der Waals surface area contributed by atoms with Crippen LogP contribution in [0.2, 0.25) is 0 Å². The van der Waals surface area contributed by atoms with Crippen LogP contribution in [0.5, 0.6) is 0 Å². The van der Waals surface area contributed by atoms with Gasteiger partial charge in [0.05, 0.1) is 0 Å². The second-order valence-electron chi connectivity index (χ2n) is 5.13. The van der Waals surface area contributed by atoms with E-state index in [1.807, 2.05) is 4.90 Å². The fourth-order valence-electron chi connectivity index (χ4n) is 2.45. The minimum absolute atomic E-state index is 0.166. The summed E-state index contributed by atoms with van der Waals surface area (Å²) in [6.45, 7) is 6.28. The maximum Gasteiger partial charge on any atom is 0.317 e. The molecule has 3 nitrogen and oxygen atoms in total. The lowest BCUT2D eigenvalue weighted by Crippen LogP contribution is -2.46. The maximum atomic E-state index is 12.1. The molecule has 0 aliphatic carbocycles. The van der Waals surface area contributed by atoms with Gasteiger partial charge in [-0.2, -0.15) is 0 Å². The third-order valence-corrected chi connectivity index (χ3v) is 3.51. The molecule has 1 atom stereocenters. The number of carbonyl (C=O) groups excluding carboxylic acids is 1. The fourth-order valence-corrected chi connectivity index (χ4v) is 2.45. The van der Waals surface area contributed by atoms with Crippen LogP contribution in [-0.4, -0.2) is 30.1 Å². The normalized spacial score (nSPS) is 17.9. The lowest BCUT2D eigenvalue weighted by Gasteiger charge is -2.29.